The molecule has 3 saturated heterocycles. The zero-order valence-corrected chi connectivity index (χ0v) is 17.7. The van der Waals surface area contributed by atoms with Crippen LogP contribution in [-0.4, -0.2) is 56.7 Å². The van der Waals surface area contributed by atoms with Crippen LogP contribution in [0.2, 0.25) is 0 Å². The summed E-state index contributed by atoms with van der Waals surface area (Å²) in [5.41, 5.74) is -1.76. The van der Waals surface area contributed by atoms with E-state index in [1.54, 1.807) is 30.3 Å². The largest absolute Gasteiger partial charge is 1.00 e. The maximum atomic E-state index is 12.6. The van der Waals surface area contributed by atoms with Crippen molar-refractivity contribution >= 4 is 35.5 Å². The van der Waals surface area contributed by atoms with Crippen molar-refractivity contribution in [2.24, 2.45) is 5.92 Å². The van der Waals surface area contributed by atoms with Gasteiger partial charge >= 0.3 is 35.5 Å². The van der Waals surface area contributed by atoms with E-state index in [2.05, 4.69) is 5.32 Å². The van der Waals surface area contributed by atoms with Crippen molar-refractivity contribution in [3.05, 3.63) is 35.9 Å². The molecule has 0 bridgehead atoms. The number of aliphatic hydroxyl groups excluding tert-OH is 1. The Morgan fingerprint density at radius 3 is 2.64 bits per heavy atom. The molecule has 0 unspecified atom stereocenters. The Labute approximate surface area is 186 Å². The number of ether oxygens (including phenoxy) is 1. The van der Waals surface area contributed by atoms with Crippen LogP contribution in [0.1, 0.15) is 18.1 Å². The summed E-state index contributed by atoms with van der Waals surface area (Å²) in [6, 6.07) is 7.19. The molecule has 0 aliphatic carbocycles. The van der Waals surface area contributed by atoms with Crippen molar-refractivity contribution in [3.8, 4) is 0 Å². The van der Waals surface area contributed by atoms with Gasteiger partial charge in [-0.15, -0.1) is 11.8 Å². The number of carbonyl (C=O) groups is 4. The Morgan fingerprint density at radius 1 is 1.32 bits per heavy atom. The van der Waals surface area contributed by atoms with Gasteiger partial charge in [-0.2, -0.15) is 0 Å². The number of carboxylic acids is 1. The number of fused-ring (bicyclic) bond motifs is 3. The van der Waals surface area contributed by atoms with E-state index in [1.165, 1.54) is 11.8 Å². The first-order valence-corrected chi connectivity index (χ1v) is 9.32. The van der Waals surface area contributed by atoms with Gasteiger partial charge in [-0.05, 0) is 5.56 Å². The second-order valence-corrected chi connectivity index (χ2v) is 7.74. The van der Waals surface area contributed by atoms with Crippen molar-refractivity contribution < 1.29 is 63.7 Å². The molecule has 1 aromatic rings. The number of esters is 1. The number of hydrogen-bond acceptors (Lipinski definition) is 8. The average molecular weight is 414 g/mol. The van der Waals surface area contributed by atoms with E-state index in [1.807, 2.05) is 0 Å². The maximum absolute atomic E-state index is 12.6. The first-order valence-electron chi connectivity index (χ1n) is 8.27. The van der Waals surface area contributed by atoms with Crippen LogP contribution in [-0.2, 0) is 23.9 Å². The number of amides is 2. The van der Waals surface area contributed by atoms with Crippen LogP contribution in [0.4, 0.5) is 0 Å². The third-order valence-corrected chi connectivity index (χ3v) is 6.48. The summed E-state index contributed by atoms with van der Waals surface area (Å²) >= 11 is 1.25. The molecular weight excluding hydrogens is 399 g/mol. The Morgan fingerprint density at radius 2 is 2.00 bits per heavy atom. The van der Waals surface area contributed by atoms with Gasteiger partial charge in [0.2, 0.25) is 5.72 Å². The van der Waals surface area contributed by atoms with E-state index < -0.39 is 52.9 Å². The molecule has 3 aliphatic rings. The van der Waals surface area contributed by atoms with Gasteiger partial charge in [0.05, 0.1) is 6.42 Å². The molecule has 5 atom stereocenters. The zero-order valence-electron chi connectivity index (χ0n) is 14.9. The molecule has 0 radical (unpaired) electrons. The van der Waals surface area contributed by atoms with Gasteiger partial charge in [0.1, 0.15) is 17.4 Å². The number of nitrogens with zero attached hydrogens (tertiary/aromatic N) is 1. The number of rotatable bonds is 4. The van der Waals surface area contributed by atoms with Gasteiger partial charge in [0, 0.05) is 11.7 Å². The Balaban J connectivity index is 0.00000225. The molecule has 2 amide bonds. The van der Waals surface area contributed by atoms with Gasteiger partial charge in [-0.25, -0.2) is 0 Å². The molecule has 4 rings (SSSR count). The van der Waals surface area contributed by atoms with E-state index in [0.29, 0.717) is 5.56 Å². The fourth-order valence-electron chi connectivity index (χ4n) is 3.72. The molecule has 9 nitrogen and oxygen atoms in total. The predicted molar refractivity (Wildman–Crippen MR) is 88.4 cm³/mol. The number of carbonyl (C=O) groups excluding carboxylic acids is 4. The molecule has 3 heterocycles. The van der Waals surface area contributed by atoms with E-state index in [4.69, 9.17) is 4.74 Å². The minimum Gasteiger partial charge on any atom is -0.544 e. The monoisotopic (exact) mass is 414 g/mol. The van der Waals surface area contributed by atoms with Crippen molar-refractivity contribution in [2.75, 3.05) is 5.75 Å². The summed E-state index contributed by atoms with van der Waals surface area (Å²) in [6.45, 7) is 0. The molecule has 3 aliphatic heterocycles. The van der Waals surface area contributed by atoms with E-state index in [9.17, 15) is 29.4 Å². The summed E-state index contributed by atoms with van der Waals surface area (Å²) in [5.74, 6) is -4.25. The van der Waals surface area contributed by atoms with Gasteiger partial charge < -0.3 is 25.1 Å². The fourth-order valence-corrected chi connectivity index (χ4v) is 5.28. The van der Waals surface area contributed by atoms with E-state index in [0.717, 1.165) is 4.90 Å². The molecule has 11 heteroatoms. The molecule has 142 valence electrons. The van der Waals surface area contributed by atoms with Gasteiger partial charge in [0.15, 0.2) is 6.10 Å². The summed E-state index contributed by atoms with van der Waals surface area (Å²) in [5, 5.41) is 23.6. The van der Waals surface area contributed by atoms with Crippen LogP contribution in [0.15, 0.2) is 30.3 Å². The number of thioether (sulfide) groups is 1. The molecule has 0 spiro atoms. The molecule has 0 saturated carbocycles. The molecule has 1 aromatic carbocycles. The van der Waals surface area contributed by atoms with Gasteiger partial charge in [-0.3, -0.25) is 19.3 Å². The molecular formula is C17H15N2NaO7S. The number of aliphatic carboxylic acids is 1. The van der Waals surface area contributed by atoms with Crippen molar-refractivity contribution in [1.29, 1.82) is 0 Å². The maximum Gasteiger partial charge on any atom is 1.00 e. The Bertz CT molecular complexity index is 838. The second-order valence-electron chi connectivity index (χ2n) is 6.59. The van der Waals surface area contributed by atoms with Crippen LogP contribution in [0, 0.1) is 5.92 Å². The van der Waals surface area contributed by atoms with Crippen LogP contribution in [0.25, 0.3) is 0 Å². The first kappa shape index (κ1) is 21.1. The Hall–Kier alpha value is -1.59. The molecule has 3 fully saturated rings. The summed E-state index contributed by atoms with van der Waals surface area (Å²) in [6.07, 6.45) is -1.57. The van der Waals surface area contributed by atoms with Crippen LogP contribution in [0.5, 0.6) is 0 Å². The van der Waals surface area contributed by atoms with Crippen LogP contribution >= 0.6 is 11.8 Å². The Kier molecular flexibility index (Phi) is 5.79. The third-order valence-electron chi connectivity index (χ3n) is 5.06. The smallest absolute Gasteiger partial charge is 0.544 e. The number of nitrogens with one attached hydrogen (secondary N) is 1. The van der Waals surface area contributed by atoms with E-state index >= 15 is 0 Å². The number of hydrogen-bond donors (Lipinski definition) is 2. The molecule has 2 N–H and O–H groups in total. The topological polar surface area (TPSA) is 136 Å². The first-order chi connectivity index (χ1) is 12.9. The standard InChI is InChI=1S/C17H16N2O7S.Na/c20-10-6-9-7-27-15-11(14(23)19(15)17(9,26-10)16(24)25)18-13(22)12(21)8-4-2-1-3-5-8;/h1-5,9,11-12,15,21H,6-7H2,(H,18,22)(H,24,25);/q;+1/p-1/t9-,11+,12+,15+,17+;/m0./s1. The fraction of sp³-hybridized carbons (Fsp3) is 0.412. The average Bonchev–Trinajstić information content (AvgIpc) is 3.01. The summed E-state index contributed by atoms with van der Waals surface area (Å²) in [7, 11) is 0. The zero-order chi connectivity index (χ0) is 19.3. The summed E-state index contributed by atoms with van der Waals surface area (Å²) < 4.78 is 5.02. The van der Waals surface area contributed by atoms with Crippen molar-refractivity contribution in [2.45, 2.75) is 29.7 Å². The van der Waals surface area contributed by atoms with Crippen molar-refractivity contribution in [3.63, 3.8) is 0 Å². The number of aliphatic hydroxyl groups is 1. The quantitative estimate of drug-likeness (QED) is 0.284. The minimum absolute atomic E-state index is 0. The molecule has 28 heavy (non-hydrogen) atoms. The number of β-lactam (4-membered cyclic amide) rings is 1. The van der Waals surface area contributed by atoms with Crippen molar-refractivity contribution in [1.82, 2.24) is 10.2 Å². The van der Waals surface area contributed by atoms with Gasteiger partial charge in [-0.1, -0.05) is 30.3 Å². The number of benzene rings is 1. The second kappa shape index (κ2) is 7.68. The van der Waals surface area contributed by atoms with E-state index in [-0.39, 0.29) is 41.7 Å². The van der Waals surface area contributed by atoms with Gasteiger partial charge in [0.25, 0.3) is 11.8 Å². The SMILES string of the molecule is O=C1C[C@H]2CS[C@@H]3[C@H](NC(=O)[C@H](O)c4ccccc4)C(=O)N3[C@@]2(C(=O)[O-])O1.[Na+]. The van der Waals surface area contributed by atoms with Crippen LogP contribution < -0.4 is 40.0 Å². The number of carboxylic acid groups (broad SMARTS) is 1. The third kappa shape index (κ3) is 3.03. The predicted octanol–water partition coefficient (Wildman–Crippen LogP) is -4.87. The molecule has 0 aromatic heterocycles. The normalized spacial score (nSPS) is 31.5. The van der Waals surface area contributed by atoms with Crippen LogP contribution in [0.3, 0.4) is 0 Å². The minimum atomic E-state index is -2.12. The summed E-state index contributed by atoms with van der Waals surface area (Å²) in [4.78, 5) is 49.2.